The molecule has 1 unspecified atom stereocenters. The van der Waals surface area contributed by atoms with Crippen LogP contribution >= 0.6 is 0 Å². The molecule has 0 fully saturated rings. The minimum atomic E-state index is -0.976. The molecule has 0 aliphatic heterocycles. The highest BCUT2D eigenvalue weighted by Crippen LogP contribution is 2.50. The molecule has 0 bridgehead atoms. The van der Waals surface area contributed by atoms with Crippen molar-refractivity contribution in [3.8, 4) is 11.1 Å². The van der Waals surface area contributed by atoms with Crippen LogP contribution in [0.25, 0.3) is 11.1 Å². The molecule has 0 spiro atoms. The maximum atomic E-state index is 11.3. The smallest absolute Gasteiger partial charge is 0.275 e. The van der Waals surface area contributed by atoms with Gasteiger partial charge in [-0.2, -0.15) is 0 Å². The SMILES string of the molecule is O=[N+]([O-])c1ccccc1C(O)C1c2ccccc2-c2ccccc21. The van der Waals surface area contributed by atoms with Gasteiger partial charge in [-0.3, -0.25) is 10.1 Å². The summed E-state index contributed by atoms with van der Waals surface area (Å²) in [6, 6.07) is 22.2. The van der Waals surface area contributed by atoms with Crippen LogP contribution in [-0.2, 0) is 0 Å². The van der Waals surface area contributed by atoms with E-state index in [0.29, 0.717) is 5.56 Å². The Hall–Kier alpha value is -2.98. The molecule has 1 aliphatic rings. The molecule has 24 heavy (non-hydrogen) atoms. The highest BCUT2D eigenvalue weighted by Gasteiger charge is 2.36. The molecule has 4 heteroatoms. The predicted octanol–water partition coefficient (Wildman–Crippen LogP) is 4.44. The quantitative estimate of drug-likeness (QED) is 0.574. The Morgan fingerprint density at radius 3 is 1.92 bits per heavy atom. The topological polar surface area (TPSA) is 63.4 Å². The van der Waals surface area contributed by atoms with Crippen LogP contribution in [0.3, 0.4) is 0 Å². The fourth-order valence-corrected chi connectivity index (χ4v) is 3.62. The zero-order valence-electron chi connectivity index (χ0n) is 12.8. The Balaban J connectivity index is 1.90. The number of benzene rings is 3. The van der Waals surface area contributed by atoms with E-state index in [1.54, 1.807) is 18.2 Å². The van der Waals surface area contributed by atoms with Gasteiger partial charge in [-0.05, 0) is 28.3 Å². The van der Waals surface area contributed by atoms with E-state index < -0.39 is 11.0 Å². The van der Waals surface area contributed by atoms with Gasteiger partial charge in [0.25, 0.3) is 5.69 Å². The lowest BCUT2D eigenvalue weighted by molar-refractivity contribution is -0.386. The maximum Gasteiger partial charge on any atom is 0.275 e. The molecule has 0 saturated heterocycles. The molecule has 1 atom stereocenters. The second-order valence-electron chi connectivity index (χ2n) is 5.91. The van der Waals surface area contributed by atoms with E-state index in [9.17, 15) is 15.2 Å². The number of nitrogens with zero attached hydrogens (tertiary/aromatic N) is 1. The summed E-state index contributed by atoms with van der Waals surface area (Å²) in [5.41, 5.74) is 4.46. The first-order chi connectivity index (χ1) is 11.7. The third-order valence-corrected chi connectivity index (χ3v) is 4.65. The van der Waals surface area contributed by atoms with Gasteiger partial charge in [0.05, 0.1) is 16.6 Å². The van der Waals surface area contributed by atoms with E-state index in [4.69, 9.17) is 0 Å². The summed E-state index contributed by atoms with van der Waals surface area (Å²) in [7, 11) is 0. The summed E-state index contributed by atoms with van der Waals surface area (Å²) < 4.78 is 0. The Bertz CT molecular complexity index is 890. The summed E-state index contributed by atoms with van der Waals surface area (Å²) in [5, 5.41) is 22.4. The van der Waals surface area contributed by atoms with Gasteiger partial charge in [0, 0.05) is 12.0 Å². The van der Waals surface area contributed by atoms with Crippen LogP contribution < -0.4 is 0 Å². The second kappa shape index (κ2) is 5.58. The molecule has 0 radical (unpaired) electrons. The molecule has 118 valence electrons. The normalized spacial score (nSPS) is 14.0. The summed E-state index contributed by atoms with van der Waals surface area (Å²) >= 11 is 0. The standard InChI is InChI=1S/C20H15NO3/c22-20(17-11-5-6-12-18(17)21(23)24)19-15-9-3-1-7-13(15)14-8-2-4-10-16(14)19/h1-12,19-20,22H. The first-order valence-corrected chi connectivity index (χ1v) is 7.78. The summed E-state index contributed by atoms with van der Waals surface area (Å²) in [6.07, 6.45) is -0.976. The van der Waals surface area contributed by atoms with Gasteiger partial charge in [0.15, 0.2) is 0 Å². The zero-order chi connectivity index (χ0) is 16.7. The minimum Gasteiger partial charge on any atom is -0.387 e. The average molecular weight is 317 g/mol. The van der Waals surface area contributed by atoms with Crippen molar-refractivity contribution in [2.45, 2.75) is 12.0 Å². The molecular weight excluding hydrogens is 302 g/mol. The average Bonchev–Trinajstić information content (AvgIpc) is 2.95. The number of hydrogen-bond donors (Lipinski definition) is 1. The number of nitro groups is 1. The predicted molar refractivity (Wildman–Crippen MR) is 91.8 cm³/mol. The van der Waals surface area contributed by atoms with Crippen molar-refractivity contribution in [1.29, 1.82) is 0 Å². The van der Waals surface area contributed by atoms with Crippen molar-refractivity contribution in [2.75, 3.05) is 0 Å². The first kappa shape index (κ1) is 14.6. The van der Waals surface area contributed by atoms with Gasteiger partial charge in [-0.1, -0.05) is 60.7 Å². The Morgan fingerprint density at radius 2 is 1.33 bits per heavy atom. The van der Waals surface area contributed by atoms with Gasteiger partial charge < -0.3 is 5.11 Å². The molecule has 0 saturated carbocycles. The zero-order valence-corrected chi connectivity index (χ0v) is 12.8. The van der Waals surface area contributed by atoms with E-state index in [-0.39, 0.29) is 11.6 Å². The molecule has 3 aromatic carbocycles. The van der Waals surface area contributed by atoms with Gasteiger partial charge in [0.1, 0.15) is 0 Å². The van der Waals surface area contributed by atoms with Crippen molar-refractivity contribution < 1.29 is 10.0 Å². The Kier molecular flexibility index (Phi) is 3.40. The highest BCUT2D eigenvalue weighted by molar-refractivity contribution is 5.79. The summed E-state index contributed by atoms with van der Waals surface area (Å²) in [6.45, 7) is 0. The third-order valence-electron chi connectivity index (χ3n) is 4.65. The minimum absolute atomic E-state index is 0.0492. The molecule has 0 amide bonds. The molecule has 4 nitrogen and oxygen atoms in total. The maximum absolute atomic E-state index is 11.3. The van der Waals surface area contributed by atoms with Crippen LogP contribution in [0, 0.1) is 10.1 Å². The lowest BCUT2D eigenvalue weighted by Crippen LogP contribution is -2.12. The van der Waals surface area contributed by atoms with Crippen molar-refractivity contribution in [2.24, 2.45) is 0 Å². The van der Waals surface area contributed by atoms with Crippen LogP contribution in [0.5, 0.6) is 0 Å². The van der Waals surface area contributed by atoms with Crippen LogP contribution in [-0.4, -0.2) is 10.0 Å². The Labute approximate surface area is 139 Å². The van der Waals surface area contributed by atoms with E-state index >= 15 is 0 Å². The van der Waals surface area contributed by atoms with E-state index in [1.807, 2.05) is 48.5 Å². The number of fused-ring (bicyclic) bond motifs is 3. The van der Waals surface area contributed by atoms with Crippen molar-refractivity contribution in [3.05, 3.63) is 99.6 Å². The van der Waals surface area contributed by atoms with E-state index in [2.05, 4.69) is 0 Å². The summed E-state index contributed by atoms with van der Waals surface area (Å²) in [4.78, 5) is 10.9. The molecule has 4 rings (SSSR count). The van der Waals surface area contributed by atoms with Crippen LogP contribution in [0.15, 0.2) is 72.8 Å². The monoisotopic (exact) mass is 317 g/mol. The molecule has 0 heterocycles. The Morgan fingerprint density at radius 1 is 0.833 bits per heavy atom. The molecule has 1 N–H and O–H groups in total. The fraction of sp³-hybridized carbons (Fsp3) is 0.100. The van der Waals surface area contributed by atoms with Crippen LogP contribution in [0.2, 0.25) is 0 Å². The van der Waals surface area contributed by atoms with Gasteiger partial charge in [0.2, 0.25) is 0 Å². The highest BCUT2D eigenvalue weighted by atomic mass is 16.6. The van der Waals surface area contributed by atoms with Crippen molar-refractivity contribution >= 4 is 5.69 Å². The third kappa shape index (κ3) is 2.12. The van der Waals surface area contributed by atoms with E-state index in [1.165, 1.54) is 6.07 Å². The second-order valence-corrected chi connectivity index (χ2v) is 5.91. The fourth-order valence-electron chi connectivity index (χ4n) is 3.62. The largest absolute Gasteiger partial charge is 0.387 e. The van der Waals surface area contributed by atoms with Crippen molar-refractivity contribution in [1.82, 2.24) is 0 Å². The van der Waals surface area contributed by atoms with Gasteiger partial charge in [-0.15, -0.1) is 0 Å². The summed E-state index contributed by atoms with van der Waals surface area (Å²) in [5.74, 6) is -0.307. The molecule has 3 aromatic rings. The number of nitro benzene ring substituents is 1. The lowest BCUT2D eigenvalue weighted by atomic mass is 9.87. The van der Waals surface area contributed by atoms with Crippen molar-refractivity contribution in [3.63, 3.8) is 0 Å². The molecule has 0 aromatic heterocycles. The number of rotatable bonds is 3. The number of aliphatic hydroxyl groups is 1. The van der Waals surface area contributed by atoms with Crippen LogP contribution in [0.4, 0.5) is 5.69 Å². The first-order valence-electron chi connectivity index (χ1n) is 7.78. The van der Waals surface area contributed by atoms with Gasteiger partial charge >= 0.3 is 0 Å². The van der Waals surface area contributed by atoms with E-state index in [0.717, 1.165) is 22.3 Å². The number of para-hydroxylation sites is 1. The van der Waals surface area contributed by atoms with Gasteiger partial charge in [-0.25, -0.2) is 0 Å². The lowest BCUT2D eigenvalue weighted by Gasteiger charge is -2.21. The number of aliphatic hydroxyl groups excluding tert-OH is 1. The molecule has 1 aliphatic carbocycles. The van der Waals surface area contributed by atoms with Crippen LogP contribution in [0.1, 0.15) is 28.7 Å². The number of hydrogen-bond acceptors (Lipinski definition) is 3. The molecular formula is C20H15NO3.